The van der Waals surface area contributed by atoms with Gasteiger partial charge in [0.25, 0.3) is 9.84 Å². The van der Waals surface area contributed by atoms with Crippen molar-refractivity contribution >= 4 is 19.7 Å². The quantitative estimate of drug-likeness (QED) is 0.816. The molecule has 0 saturated carbocycles. The molecule has 0 amide bonds. The van der Waals surface area contributed by atoms with E-state index in [9.17, 15) is 30.0 Å². The van der Waals surface area contributed by atoms with Crippen LogP contribution < -0.4 is 0 Å². The molecule has 5 nitrogen and oxygen atoms in total. The topological polar surface area (TPSA) is 81.2 Å². The lowest BCUT2D eigenvalue weighted by atomic mass is 10.1. The Balaban J connectivity index is 2.56. The highest BCUT2D eigenvalue weighted by Crippen LogP contribution is 2.32. The fraction of sp³-hybridized carbons (Fsp3) is 0.214. The van der Waals surface area contributed by atoms with E-state index in [1.165, 1.54) is 25.3 Å². The molecule has 2 rings (SSSR count). The highest BCUT2D eigenvalue weighted by Gasteiger charge is 2.46. The van der Waals surface area contributed by atoms with Crippen LogP contribution in [0, 0.1) is 0 Å². The summed E-state index contributed by atoms with van der Waals surface area (Å²) in [6.07, 6.45) is 1.34. The normalized spacial score (nSPS) is 13.0. The van der Waals surface area contributed by atoms with Gasteiger partial charge in [-0.15, -0.1) is 0 Å². The van der Waals surface area contributed by atoms with E-state index in [1.54, 1.807) is 0 Å². The van der Waals surface area contributed by atoms with E-state index in [4.69, 9.17) is 0 Å². The van der Waals surface area contributed by atoms with E-state index in [-0.39, 0.29) is 21.9 Å². The third kappa shape index (κ3) is 3.29. The minimum atomic E-state index is -5.46. The van der Waals surface area contributed by atoms with Crippen molar-refractivity contribution in [1.82, 2.24) is 4.98 Å². The van der Waals surface area contributed by atoms with Crippen LogP contribution >= 0.6 is 0 Å². The molecule has 0 unspecified atom stereocenters. The number of alkyl halides is 3. The largest absolute Gasteiger partial charge is 0.501 e. The van der Waals surface area contributed by atoms with Gasteiger partial charge < -0.3 is 0 Å². The molecule has 130 valence electrons. The van der Waals surface area contributed by atoms with E-state index >= 15 is 0 Å². The third-order valence-corrected chi connectivity index (χ3v) is 6.49. The van der Waals surface area contributed by atoms with Gasteiger partial charge in [0.1, 0.15) is 0 Å². The Kier molecular flexibility index (Phi) is 4.73. The first-order valence-corrected chi connectivity index (χ1v) is 9.74. The first-order chi connectivity index (χ1) is 11.0. The first kappa shape index (κ1) is 18.4. The summed E-state index contributed by atoms with van der Waals surface area (Å²) < 4.78 is 84.4. The van der Waals surface area contributed by atoms with Crippen LogP contribution in [-0.4, -0.2) is 33.1 Å². The van der Waals surface area contributed by atoms with Gasteiger partial charge in [-0.25, -0.2) is 16.8 Å². The predicted molar refractivity (Wildman–Crippen MR) is 80.6 cm³/mol. The van der Waals surface area contributed by atoms with Crippen LogP contribution in [0.2, 0.25) is 0 Å². The molecular formula is C14H12F3NO4S2. The number of hydrogen-bond acceptors (Lipinski definition) is 5. The number of nitrogens with zero attached hydrogens (tertiary/aromatic N) is 1. The molecule has 0 saturated heterocycles. The van der Waals surface area contributed by atoms with Crippen molar-refractivity contribution in [3.63, 3.8) is 0 Å². The van der Waals surface area contributed by atoms with E-state index in [0.717, 1.165) is 24.3 Å². The number of aromatic nitrogens is 1. The number of sulfone groups is 2. The molecule has 2 aromatic rings. The summed E-state index contributed by atoms with van der Waals surface area (Å²) in [6, 6.07) is 6.49. The van der Waals surface area contributed by atoms with E-state index < -0.39 is 30.1 Å². The standard InChI is InChI=1S/C14H12F3NO4S2/c1-2-23(19,20)12-4-3-9-18-13(12)10-5-7-11(8-6-10)24(21,22)14(15,16)17/h3-9H,2H2,1H3. The zero-order valence-electron chi connectivity index (χ0n) is 12.3. The van der Waals surface area contributed by atoms with Gasteiger partial charge in [0.15, 0.2) is 9.84 Å². The van der Waals surface area contributed by atoms with E-state index in [0.29, 0.717) is 0 Å². The summed E-state index contributed by atoms with van der Waals surface area (Å²) >= 11 is 0. The van der Waals surface area contributed by atoms with Gasteiger partial charge in [0.05, 0.1) is 21.2 Å². The van der Waals surface area contributed by atoms with Crippen LogP contribution in [0.25, 0.3) is 11.3 Å². The summed E-state index contributed by atoms with van der Waals surface area (Å²) in [5.41, 5.74) is -5.16. The molecule has 0 radical (unpaired) electrons. The maximum Gasteiger partial charge on any atom is 0.501 e. The number of rotatable bonds is 4. The number of hydrogen-bond donors (Lipinski definition) is 0. The predicted octanol–water partition coefficient (Wildman–Crippen LogP) is 2.84. The fourth-order valence-electron chi connectivity index (χ4n) is 1.94. The number of benzene rings is 1. The molecule has 10 heteroatoms. The summed E-state index contributed by atoms with van der Waals surface area (Å²) in [7, 11) is -9.06. The van der Waals surface area contributed by atoms with Crippen LogP contribution in [0.3, 0.4) is 0 Å². The van der Waals surface area contributed by atoms with Crippen molar-refractivity contribution in [1.29, 1.82) is 0 Å². The van der Waals surface area contributed by atoms with Gasteiger partial charge in [-0.3, -0.25) is 4.98 Å². The van der Waals surface area contributed by atoms with Gasteiger partial charge in [-0.2, -0.15) is 13.2 Å². The Morgan fingerprint density at radius 2 is 1.58 bits per heavy atom. The molecule has 0 aliphatic carbocycles. The van der Waals surface area contributed by atoms with Gasteiger partial charge in [0.2, 0.25) is 0 Å². The van der Waals surface area contributed by atoms with Crippen molar-refractivity contribution in [3.05, 3.63) is 42.6 Å². The van der Waals surface area contributed by atoms with E-state index in [2.05, 4.69) is 4.98 Å². The molecule has 24 heavy (non-hydrogen) atoms. The van der Waals surface area contributed by atoms with Gasteiger partial charge in [-0.1, -0.05) is 19.1 Å². The molecule has 0 atom stereocenters. The van der Waals surface area contributed by atoms with E-state index in [1.807, 2.05) is 0 Å². The van der Waals surface area contributed by atoms with Crippen molar-refractivity contribution < 1.29 is 30.0 Å². The number of halogens is 3. The van der Waals surface area contributed by atoms with Crippen LogP contribution in [0.4, 0.5) is 13.2 Å². The van der Waals surface area contributed by atoms with Crippen LogP contribution in [0.5, 0.6) is 0 Å². The summed E-state index contributed by atoms with van der Waals surface area (Å²) in [5, 5.41) is 0. The summed E-state index contributed by atoms with van der Waals surface area (Å²) in [4.78, 5) is 2.96. The summed E-state index contributed by atoms with van der Waals surface area (Å²) in [5.74, 6) is -0.174. The first-order valence-electron chi connectivity index (χ1n) is 6.60. The number of pyridine rings is 1. The molecule has 0 N–H and O–H groups in total. The lowest BCUT2D eigenvalue weighted by Gasteiger charge is -2.10. The average molecular weight is 379 g/mol. The molecule has 1 heterocycles. The Morgan fingerprint density at radius 1 is 1.00 bits per heavy atom. The molecule has 0 aliphatic rings. The monoisotopic (exact) mass is 379 g/mol. The highest BCUT2D eigenvalue weighted by molar-refractivity contribution is 7.92. The average Bonchev–Trinajstić information content (AvgIpc) is 2.54. The molecule has 0 spiro atoms. The minimum absolute atomic E-state index is 0.0512. The highest BCUT2D eigenvalue weighted by atomic mass is 32.2. The van der Waals surface area contributed by atoms with Crippen molar-refractivity contribution in [2.75, 3.05) is 5.75 Å². The SMILES string of the molecule is CCS(=O)(=O)c1cccnc1-c1ccc(S(=O)(=O)C(F)(F)F)cc1. The van der Waals surface area contributed by atoms with Crippen molar-refractivity contribution in [2.45, 2.75) is 22.2 Å². The summed E-state index contributed by atoms with van der Waals surface area (Å²) in [6.45, 7) is 1.45. The lowest BCUT2D eigenvalue weighted by Crippen LogP contribution is -2.23. The molecule has 1 aromatic carbocycles. The third-order valence-electron chi connectivity index (χ3n) is 3.23. The lowest BCUT2D eigenvalue weighted by molar-refractivity contribution is -0.0436. The second-order valence-electron chi connectivity index (χ2n) is 4.73. The zero-order valence-corrected chi connectivity index (χ0v) is 13.9. The second-order valence-corrected chi connectivity index (χ2v) is 8.91. The zero-order chi connectivity index (χ0) is 18.2. The van der Waals surface area contributed by atoms with Crippen molar-refractivity contribution in [2.24, 2.45) is 0 Å². The van der Waals surface area contributed by atoms with Gasteiger partial charge in [-0.05, 0) is 24.3 Å². The molecule has 0 aliphatic heterocycles. The maximum absolute atomic E-state index is 12.5. The maximum atomic E-state index is 12.5. The fourth-order valence-corrected chi connectivity index (χ4v) is 3.76. The Morgan fingerprint density at radius 3 is 2.08 bits per heavy atom. The smallest absolute Gasteiger partial charge is 0.255 e. The minimum Gasteiger partial charge on any atom is -0.255 e. The van der Waals surface area contributed by atoms with Crippen LogP contribution in [0.1, 0.15) is 6.92 Å². The molecule has 1 aromatic heterocycles. The second kappa shape index (κ2) is 6.17. The Bertz CT molecular complexity index is 950. The van der Waals surface area contributed by atoms with Crippen LogP contribution in [0.15, 0.2) is 52.4 Å². The Labute approximate surface area is 137 Å². The van der Waals surface area contributed by atoms with Gasteiger partial charge >= 0.3 is 5.51 Å². The van der Waals surface area contributed by atoms with Crippen molar-refractivity contribution in [3.8, 4) is 11.3 Å². The molecular weight excluding hydrogens is 367 g/mol. The van der Waals surface area contributed by atoms with Crippen LogP contribution in [-0.2, 0) is 19.7 Å². The molecule has 0 fully saturated rings. The Hall–Kier alpha value is -1.94. The van der Waals surface area contributed by atoms with Gasteiger partial charge in [0, 0.05) is 11.8 Å². The molecule has 0 bridgehead atoms.